The molecule has 0 atom stereocenters. The molecule has 4 heteroatoms. The number of anilines is 1. The summed E-state index contributed by atoms with van der Waals surface area (Å²) >= 11 is 5.69. The first-order chi connectivity index (χ1) is 7.41. The van der Waals surface area contributed by atoms with Crippen molar-refractivity contribution < 1.29 is 4.39 Å². The van der Waals surface area contributed by atoms with Crippen molar-refractivity contribution in [3.8, 4) is 0 Å². The fourth-order valence-corrected chi connectivity index (χ4v) is 1.70. The van der Waals surface area contributed by atoms with Gasteiger partial charge >= 0.3 is 0 Å². The molecule has 0 unspecified atom stereocenters. The van der Waals surface area contributed by atoms with Gasteiger partial charge in [-0.3, -0.25) is 0 Å². The molecule has 0 N–H and O–H groups in total. The molecule has 0 saturated carbocycles. The molecule has 2 nitrogen and oxygen atoms in total. The van der Waals surface area contributed by atoms with Crippen LogP contribution in [-0.4, -0.2) is 17.6 Å². The molecule has 0 spiro atoms. The molecule has 0 bridgehead atoms. The van der Waals surface area contributed by atoms with E-state index in [4.69, 9.17) is 11.6 Å². The van der Waals surface area contributed by atoms with E-state index in [2.05, 4.69) is 18.8 Å². The summed E-state index contributed by atoms with van der Waals surface area (Å²) in [6.07, 6.45) is 1.48. The molecule has 0 aliphatic carbocycles. The van der Waals surface area contributed by atoms with Crippen molar-refractivity contribution in [3.05, 3.63) is 23.1 Å². The van der Waals surface area contributed by atoms with Crippen LogP contribution in [0.4, 0.5) is 10.2 Å². The summed E-state index contributed by atoms with van der Waals surface area (Å²) in [5.41, 5.74) is 0. The second-order valence-electron chi connectivity index (χ2n) is 4.60. The zero-order valence-electron chi connectivity index (χ0n) is 10.2. The van der Waals surface area contributed by atoms with Crippen LogP contribution < -0.4 is 4.90 Å². The molecule has 0 aliphatic rings. The van der Waals surface area contributed by atoms with Crippen LogP contribution in [0.5, 0.6) is 0 Å². The number of nitrogens with zero attached hydrogens (tertiary/aromatic N) is 2. The van der Waals surface area contributed by atoms with Crippen molar-refractivity contribution in [1.82, 2.24) is 4.98 Å². The average molecular weight is 245 g/mol. The van der Waals surface area contributed by atoms with Gasteiger partial charge in [0.1, 0.15) is 0 Å². The quantitative estimate of drug-likeness (QED) is 0.802. The molecule has 16 heavy (non-hydrogen) atoms. The third kappa shape index (κ3) is 3.34. The van der Waals surface area contributed by atoms with Gasteiger partial charge in [-0.1, -0.05) is 25.4 Å². The topological polar surface area (TPSA) is 16.1 Å². The first-order valence-corrected chi connectivity index (χ1v) is 5.87. The summed E-state index contributed by atoms with van der Waals surface area (Å²) < 4.78 is 13.7. The molecule has 90 valence electrons. The highest BCUT2D eigenvalue weighted by molar-refractivity contribution is 6.30. The number of rotatable bonds is 4. The van der Waals surface area contributed by atoms with Gasteiger partial charge in [-0.15, -0.1) is 0 Å². The Hall–Kier alpha value is -0.830. The number of pyridine rings is 1. The van der Waals surface area contributed by atoms with E-state index in [9.17, 15) is 4.39 Å². The van der Waals surface area contributed by atoms with Crippen LogP contribution in [0.1, 0.15) is 27.7 Å². The zero-order valence-corrected chi connectivity index (χ0v) is 10.9. The molecule has 1 aromatic rings. The molecular formula is C12H18ClFN2. The highest BCUT2D eigenvalue weighted by Crippen LogP contribution is 2.22. The molecule has 0 fully saturated rings. The minimum atomic E-state index is -0.359. The average Bonchev–Trinajstić information content (AvgIpc) is 2.14. The molecule has 1 rings (SSSR count). The highest BCUT2D eigenvalue weighted by Gasteiger charge is 2.17. The summed E-state index contributed by atoms with van der Waals surface area (Å²) in [4.78, 5) is 6.03. The van der Waals surface area contributed by atoms with Gasteiger partial charge in [0, 0.05) is 18.8 Å². The molecule has 0 aliphatic heterocycles. The molecule has 0 radical (unpaired) electrons. The molecule has 0 amide bonds. The first kappa shape index (κ1) is 13.2. The Morgan fingerprint density at radius 2 is 2.00 bits per heavy atom. The lowest BCUT2D eigenvalue weighted by molar-refractivity contribution is 0.542. The predicted molar refractivity (Wildman–Crippen MR) is 66.5 cm³/mol. The standard InChI is InChI=1S/C12H18ClFN2/c1-8(2)7-16(9(3)4)12-11(14)5-10(13)6-15-12/h5-6,8-9H,7H2,1-4H3. The van der Waals surface area contributed by atoms with E-state index in [0.717, 1.165) is 6.54 Å². The van der Waals surface area contributed by atoms with Crippen molar-refractivity contribution in [2.24, 2.45) is 5.92 Å². The third-order valence-electron chi connectivity index (χ3n) is 2.25. The third-order valence-corrected chi connectivity index (χ3v) is 2.45. The maximum atomic E-state index is 13.7. The molecular weight excluding hydrogens is 227 g/mol. The second-order valence-corrected chi connectivity index (χ2v) is 5.04. The minimum Gasteiger partial charge on any atom is -0.352 e. The van der Waals surface area contributed by atoms with E-state index in [1.807, 2.05) is 18.7 Å². The van der Waals surface area contributed by atoms with Crippen molar-refractivity contribution in [2.75, 3.05) is 11.4 Å². The van der Waals surface area contributed by atoms with E-state index >= 15 is 0 Å². The second kappa shape index (κ2) is 5.48. The van der Waals surface area contributed by atoms with Crippen molar-refractivity contribution in [1.29, 1.82) is 0 Å². The van der Waals surface area contributed by atoms with Crippen LogP contribution in [0.3, 0.4) is 0 Å². The van der Waals surface area contributed by atoms with Gasteiger partial charge in [0.25, 0.3) is 0 Å². The molecule has 1 aromatic heterocycles. The Bertz CT molecular complexity index is 353. The smallest absolute Gasteiger partial charge is 0.167 e. The fraction of sp³-hybridized carbons (Fsp3) is 0.583. The van der Waals surface area contributed by atoms with E-state index in [0.29, 0.717) is 16.8 Å². The number of halogens is 2. The van der Waals surface area contributed by atoms with E-state index in [-0.39, 0.29) is 11.9 Å². The Morgan fingerprint density at radius 1 is 1.38 bits per heavy atom. The normalized spacial score (nSPS) is 11.2. The van der Waals surface area contributed by atoms with Gasteiger partial charge in [-0.25, -0.2) is 9.37 Å². The lowest BCUT2D eigenvalue weighted by Crippen LogP contribution is -2.35. The van der Waals surface area contributed by atoms with E-state index < -0.39 is 0 Å². The van der Waals surface area contributed by atoms with Crippen LogP contribution in [0.15, 0.2) is 12.3 Å². The Kier molecular flexibility index (Phi) is 4.54. The monoisotopic (exact) mass is 244 g/mol. The first-order valence-electron chi connectivity index (χ1n) is 5.49. The Labute approximate surface area is 101 Å². The summed E-state index contributed by atoms with van der Waals surface area (Å²) in [5, 5.41) is 0.328. The van der Waals surface area contributed by atoms with Crippen molar-refractivity contribution >= 4 is 17.4 Å². The number of hydrogen-bond acceptors (Lipinski definition) is 2. The summed E-state index contributed by atoms with van der Waals surface area (Å²) in [6.45, 7) is 9.03. The summed E-state index contributed by atoms with van der Waals surface area (Å²) in [7, 11) is 0. The van der Waals surface area contributed by atoms with Crippen LogP contribution in [0.2, 0.25) is 5.02 Å². The van der Waals surface area contributed by atoms with E-state index in [1.54, 1.807) is 0 Å². The maximum absolute atomic E-state index is 13.7. The van der Waals surface area contributed by atoms with Crippen LogP contribution >= 0.6 is 11.6 Å². The zero-order chi connectivity index (χ0) is 12.3. The Morgan fingerprint density at radius 3 is 2.44 bits per heavy atom. The lowest BCUT2D eigenvalue weighted by Gasteiger charge is -2.29. The number of hydrogen-bond donors (Lipinski definition) is 0. The lowest BCUT2D eigenvalue weighted by atomic mass is 10.1. The van der Waals surface area contributed by atoms with Gasteiger partial charge in [-0.2, -0.15) is 0 Å². The van der Waals surface area contributed by atoms with Gasteiger partial charge in [0.05, 0.1) is 5.02 Å². The van der Waals surface area contributed by atoms with Crippen LogP contribution in [-0.2, 0) is 0 Å². The van der Waals surface area contributed by atoms with Crippen LogP contribution in [0, 0.1) is 11.7 Å². The Balaban J connectivity index is 3.01. The van der Waals surface area contributed by atoms with Gasteiger partial charge in [0.15, 0.2) is 11.6 Å². The highest BCUT2D eigenvalue weighted by atomic mass is 35.5. The summed E-state index contributed by atoms with van der Waals surface area (Å²) in [6, 6.07) is 1.52. The van der Waals surface area contributed by atoms with Crippen molar-refractivity contribution in [2.45, 2.75) is 33.7 Å². The number of aromatic nitrogens is 1. The van der Waals surface area contributed by atoms with Crippen LogP contribution in [0.25, 0.3) is 0 Å². The van der Waals surface area contributed by atoms with Crippen molar-refractivity contribution in [3.63, 3.8) is 0 Å². The largest absolute Gasteiger partial charge is 0.352 e. The minimum absolute atomic E-state index is 0.213. The van der Waals surface area contributed by atoms with E-state index in [1.165, 1.54) is 12.3 Å². The predicted octanol–water partition coefficient (Wildman–Crippen LogP) is 3.74. The SMILES string of the molecule is CC(C)CN(c1ncc(Cl)cc1F)C(C)C. The van der Waals surface area contributed by atoms with Gasteiger partial charge in [-0.05, 0) is 25.8 Å². The van der Waals surface area contributed by atoms with Gasteiger partial charge < -0.3 is 4.90 Å². The molecule has 1 heterocycles. The molecule has 0 aromatic carbocycles. The fourth-order valence-electron chi connectivity index (χ4n) is 1.55. The summed E-state index contributed by atoms with van der Waals surface area (Å²) in [5.74, 6) is 0.481. The maximum Gasteiger partial charge on any atom is 0.167 e. The molecule has 0 saturated heterocycles. The van der Waals surface area contributed by atoms with Gasteiger partial charge in [0.2, 0.25) is 0 Å².